The normalized spacial score (nSPS) is 14.5. The quantitative estimate of drug-likeness (QED) is 0.0222. The van der Waals surface area contributed by atoms with Gasteiger partial charge in [-0.3, -0.25) is 37.3 Å². The van der Waals surface area contributed by atoms with Crippen LogP contribution in [0, 0.1) is 23.7 Å². The molecule has 0 aromatic carbocycles. The summed E-state index contributed by atoms with van der Waals surface area (Å²) in [6, 6.07) is 0. The molecule has 0 fully saturated rings. The van der Waals surface area contributed by atoms with Gasteiger partial charge in [-0.1, -0.05) is 319 Å². The van der Waals surface area contributed by atoms with E-state index in [0.29, 0.717) is 25.7 Å². The van der Waals surface area contributed by atoms with Crippen LogP contribution in [-0.2, 0) is 65.4 Å². The summed E-state index contributed by atoms with van der Waals surface area (Å²) in [6.45, 7) is 14.2. The molecule has 552 valence electrons. The van der Waals surface area contributed by atoms with Crippen molar-refractivity contribution < 1.29 is 80.2 Å². The van der Waals surface area contributed by atoms with Gasteiger partial charge in [0.25, 0.3) is 0 Å². The largest absolute Gasteiger partial charge is 0.472 e. The first-order valence-electron chi connectivity index (χ1n) is 38.2. The van der Waals surface area contributed by atoms with Crippen molar-refractivity contribution in [3.63, 3.8) is 0 Å². The van der Waals surface area contributed by atoms with Crippen LogP contribution in [0.25, 0.3) is 0 Å². The number of esters is 4. The number of unbranched alkanes of at least 4 members (excludes halogenated alkanes) is 36. The van der Waals surface area contributed by atoms with E-state index in [4.69, 9.17) is 37.0 Å². The third kappa shape index (κ3) is 67.0. The molecular formula is C74H144O17P2. The van der Waals surface area contributed by atoms with Gasteiger partial charge in [-0.25, -0.2) is 9.13 Å². The average Bonchev–Trinajstić information content (AvgIpc) is 1.69. The van der Waals surface area contributed by atoms with Crippen LogP contribution >= 0.6 is 15.6 Å². The molecule has 17 nitrogen and oxygen atoms in total. The summed E-state index contributed by atoms with van der Waals surface area (Å²) in [5, 5.41) is 10.6. The lowest BCUT2D eigenvalue weighted by Gasteiger charge is -2.21. The van der Waals surface area contributed by atoms with E-state index in [1.54, 1.807) is 0 Å². The second kappa shape index (κ2) is 63.5. The topological polar surface area (TPSA) is 237 Å². The summed E-state index contributed by atoms with van der Waals surface area (Å²) < 4.78 is 68.5. The van der Waals surface area contributed by atoms with Gasteiger partial charge >= 0.3 is 39.5 Å². The average molecular weight is 1370 g/mol. The number of aliphatic hydroxyl groups is 1. The SMILES string of the molecule is CCC(C)CCCCCCCCCCCCC(=O)O[C@H](COC(=O)CCCCCCCCCCC(C)C)COP(=O)(O)OCC(O)COP(=O)(O)OC[C@@H](COC(=O)CCCCCCCCCCCCC(C)C)OC(=O)CCCCCCCCCCCCCCC(C)C. The molecule has 19 heteroatoms. The number of aliphatic hydroxyl groups excluding tert-OH is 1. The van der Waals surface area contributed by atoms with Gasteiger partial charge in [-0.05, 0) is 49.4 Å². The summed E-state index contributed by atoms with van der Waals surface area (Å²) in [5.74, 6) is 0.941. The first kappa shape index (κ1) is 91.1. The lowest BCUT2D eigenvalue weighted by molar-refractivity contribution is -0.161. The van der Waals surface area contributed by atoms with Gasteiger partial charge in [0.05, 0.1) is 26.4 Å². The highest BCUT2D eigenvalue weighted by atomic mass is 31.2. The monoisotopic (exact) mass is 1370 g/mol. The molecule has 0 radical (unpaired) electrons. The number of hydrogen-bond acceptors (Lipinski definition) is 15. The first-order chi connectivity index (χ1) is 44.6. The number of carbonyl (C=O) groups excluding carboxylic acids is 4. The van der Waals surface area contributed by atoms with Gasteiger partial charge in [0.15, 0.2) is 12.2 Å². The molecule has 0 rings (SSSR count). The predicted molar refractivity (Wildman–Crippen MR) is 377 cm³/mol. The standard InChI is InChI=1S/C74H144O17P2/c1-9-67(8)53-45-37-29-20-15-17-23-33-41-49-57-74(79)91-70(61-85-72(77)55-47-39-31-25-24-28-36-44-52-66(6)7)63-89-93(82,83)87-59-68(75)58-86-92(80,81)88-62-69(60-84-71(76)54-46-38-30-21-16-14-19-27-35-43-51-65(4)5)90-73(78)56-48-40-32-22-13-11-10-12-18-26-34-42-50-64(2)3/h64-70,75H,9-63H2,1-8H3,(H,80,81)(H,82,83)/t67?,68?,69-,70-/m1/s1. The van der Waals surface area contributed by atoms with Crippen molar-refractivity contribution in [2.75, 3.05) is 39.6 Å². The molecule has 0 spiro atoms. The molecule has 0 aliphatic heterocycles. The lowest BCUT2D eigenvalue weighted by Crippen LogP contribution is -2.30. The zero-order chi connectivity index (χ0) is 68.9. The Morgan fingerprint density at radius 2 is 0.516 bits per heavy atom. The molecule has 0 aliphatic carbocycles. The maximum absolute atomic E-state index is 13.1. The summed E-state index contributed by atoms with van der Waals surface area (Å²) >= 11 is 0. The molecule has 93 heavy (non-hydrogen) atoms. The van der Waals surface area contributed by atoms with Crippen LogP contribution in [0.4, 0.5) is 0 Å². The van der Waals surface area contributed by atoms with Crippen molar-refractivity contribution in [1.82, 2.24) is 0 Å². The van der Waals surface area contributed by atoms with E-state index in [1.165, 1.54) is 173 Å². The maximum Gasteiger partial charge on any atom is 0.472 e. The Morgan fingerprint density at radius 1 is 0.301 bits per heavy atom. The van der Waals surface area contributed by atoms with Crippen LogP contribution in [-0.4, -0.2) is 96.7 Å². The third-order valence-corrected chi connectivity index (χ3v) is 19.3. The van der Waals surface area contributed by atoms with E-state index in [1.807, 2.05) is 0 Å². The molecule has 0 aliphatic rings. The lowest BCUT2D eigenvalue weighted by atomic mass is 9.99. The number of rotatable bonds is 71. The third-order valence-electron chi connectivity index (χ3n) is 17.4. The fourth-order valence-electron chi connectivity index (χ4n) is 11.2. The molecule has 0 aromatic heterocycles. The number of phosphoric ester groups is 2. The van der Waals surface area contributed by atoms with Crippen LogP contribution in [0.3, 0.4) is 0 Å². The minimum atomic E-state index is -4.96. The predicted octanol–water partition coefficient (Wildman–Crippen LogP) is 21.3. The number of hydrogen-bond donors (Lipinski definition) is 3. The smallest absolute Gasteiger partial charge is 0.462 e. The Kier molecular flexibility index (Phi) is 62.2. The van der Waals surface area contributed by atoms with Crippen LogP contribution in [0.2, 0.25) is 0 Å². The molecular weight excluding hydrogens is 1220 g/mol. The minimum Gasteiger partial charge on any atom is -0.462 e. The van der Waals surface area contributed by atoms with Gasteiger partial charge in [-0.15, -0.1) is 0 Å². The van der Waals surface area contributed by atoms with Gasteiger partial charge < -0.3 is 33.8 Å². The van der Waals surface area contributed by atoms with Crippen molar-refractivity contribution >= 4 is 39.5 Å². The molecule has 0 saturated heterocycles. The van der Waals surface area contributed by atoms with Gasteiger partial charge in [-0.2, -0.15) is 0 Å². The summed E-state index contributed by atoms with van der Waals surface area (Å²) in [7, 11) is -9.91. The Labute approximate surface area is 568 Å². The van der Waals surface area contributed by atoms with Crippen molar-refractivity contribution in [3.05, 3.63) is 0 Å². The van der Waals surface area contributed by atoms with Gasteiger partial charge in [0, 0.05) is 25.7 Å². The Balaban J connectivity index is 5.28. The first-order valence-corrected chi connectivity index (χ1v) is 41.2. The highest BCUT2D eigenvalue weighted by Gasteiger charge is 2.30. The fourth-order valence-corrected chi connectivity index (χ4v) is 12.7. The van der Waals surface area contributed by atoms with E-state index in [9.17, 15) is 43.2 Å². The molecule has 0 bridgehead atoms. The van der Waals surface area contributed by atoms with E-state index in [2.05, 4.69) is 55.4 Å². The van der Waals surface area contributed by atoms with Gasteiger partial charge in [0.2, 0.25) is 0 Å². The zero-order valence-corrected chi connectivity index (χ0v) is 62.7. The van der Waals surface area contributed by atoms with E-state index in [-0.39, 0.29) is 25.7 Å². The molecule has 0 aromatic rings. The summed E-state index contributed by atoms with van der Waals surface area (Å²) in [6.07, 6.45) is 47.1. The Bertz CT molecular complexity index is 1840. The van der Waals surface area contributed by atoms with Crippen LogP contribution in [0.1, 0.15) is 370 Å². The van der Waals surface area contributed by atoms with Crippen LogP contribution in [0.5, 0.6) is 0 Å². The Hall–Kier alpha value is -1.94. The zero-order valence-electron chi connectivity index (χ0n) is 60.9. The van der Waals surface area contributed by atoms with Gasteiger partial charge in [0.1, 0.15) is 19.3 Å². The molecule has 6 atom stereocenters. The van der Waals surface area contributed by atoms with E-state index < -0.39 is 97.5 Å². The maximum atomic E-state index is 13.1. The van der Waals surface area contributed by atoms with Crippen molar-refractivity contribution in [2.24, 2.45) is 23.7 Å². The minimum absolute atomic E-state index is 0.105. The van der Waals surface area contributed by atoms with Crippen molar-refractivity contribution in [2.45, 2.75) is 388 Å². The second-order valence-electron chi connectivity index (χ2n) is 28.4. The molecule has 0 heterocycles. The van der Waals surface area contributed by atoms with Crippen molar-refractivity contribution in [3.8, 4) is 0 Å². The molecule has 0 saturated carbocycles. The van der Waals surface area contributed by atoms with Crippen LogP contribution in [0.15, 0.2) is 0 Å². The number of carbonyl (C=O) groups is 4. The molecule has 4 unspecified atom stereocenters. The highest BCUT2D eigenvalue weighted by molar-refractivity contribution is 7.47. The molecule has 3 N–H and O–H groups in total. The van der Waals surface area contributed by atoms with E-state index in [0.717, 1.165) is 114 Å². The molecule has 0 amide bonds. The number of ether oxygens (including phenoxy) is 4. The number of phosphoric acid groups is 2. The van der Waals surface area contributed by atoms with Crippen molar-refractivity contribution in [1.29, 1.82) is 0 Å². The highest BCUT2D eigenvalue weighted by Crippen LogP contribution is 2.45. The Morgan fingerprint density at radius 3 is 0.763 bits per heavy atom. The fraction of sp³-hybridized carbons (Fsp3) is 0.946. The van der Waals surface area contributed by atoms with E-state index >= 15 is 0 Å². The summed E-state index contributed by atoms with van der Waals surface area (Å²) in [5.41, 5.74) is 0. The second-order valence-corrected chi connectivity index (χ2v) is 31.3. The van der Waals surface area contributed by atoms with Crippen LogP contribution < -0.4 is 0 Å². The summed E-state index contributed by atoms with van der Waals surface area (Å²) in [4.78, 5) is 72.8.